The largest absolute Gasteiger partial charge is 0.0961 e. The van der Waals surface area contributed by atoms with E-state index in [1.807, 2.05) is 6.92 Å². The zero-order valence-corrected chi connectivity index (χ0v) is 8.07. The third kappa shape index (κ3) is 4.60. The Kier molecular flexibility index (Phi) is 4.60. The molecule has 0 nitrogen and oxygen atoms in total. The maximum atomic E-state index is 3.80. The fourth-order valence-corrected chi connectivity index (χ4v) is 0.688. The smallest absolute Gasteiger partial charge is 0.0346 e. The molecule has 0 aliphatic carbocycles. The van der Waals surface area contributed by atoms with Crippen LogP contribution in [0.3, 0.4) is 0 Å². The van der Waals surface area contributed by atoms with E-state index in [0.717, 1.165) is 12.0 Å². The summed E-state index contributed by atoms with van der Waals surface area (Å²) in [6.07, 6.45) is 5.31. The summed E-state index contributed by atoms with van der Waals surface area (Å²) in [6, 6.07) is 0. The number of hydrogen-bond donors (Lipinski definition) is 0. The average molecular weight is 150 g/mol. The molecular weight excluding hydrogens is 132 g/mol. The number of rotatable bonds is 3. The van der Waals surface area contributed by atoms with Crippen molar-refractivity contribution < 1.29 is 0 Å². The molecule has 0 heterocycles. The summed E-state index contributed by atoms with van der Waals surface area (Å²) in [5.41, 5.74) is 3.91. The summed E-state index contributed by atoms with van der Waals surface area (Å²) in [7, 11) is 0. The maximum Gasteiger partial charge on any atom is -0.0346 e. The summed E-state index contributed by atoms with van der Waals surface area (Å²) >= 11 is 0. The molecule has 0 aliphatic heterocycles. The fraction of sp³-hybridized carbons (Fsp3) is 0.455. The predicted octanol–water partition coefficient (Wildman–Crippen LogP) is 3.87. The molecular formula is C11H18. The lowest BCUT2D eigenvalue weighted by Gasteiger charge is -1.98. The van der Waals surface area contributed by atoms with Crippen molar-refractivity contribution in [3.05, 3.63) is 35.5 Å². The zero-order valence-electron chi connectivity index (χ0n) is 8.07. The monoisotopic (exact) mass is 150 g/mol. The molecule has 0 atom stereocenters. The van der Waals surface area contributed by atoms with E-state index in [1.54, 1.807) is 0 Å². The van der Waals surface area contributed by atoms with Crippen molar-refractivity contribution in [2.24, 2.45) is 0 Å². The van der Waals surface area contributed by atoms with Gasteiger partial charge in [-0.1, -0.05) is 42.4 Å². The molecule has 0 aromatic heterocycles. The molecule has 0 N–H and O–H groups in total. The summed E-state index contributed by atoms with van der Waals surface area (Å²) in [5.74, 6) is 0. The highest BCUT2D eigenvalue weighted by Gasteiger charge is 1.88. The van der Waals surface area contributed by atoms with Gasteiger partial charge in [-0.05, 0) is 27.2 Å². The molecule has 0 spiro atoms. The summed E-state index contributed by atoms with van der Waals surface area (Å²) in [4.78, 5) is 0. The van der Waals surface area contributed by atoms with Gasteiger partial charge in [0.25, 0.3) is 0 Å². The molecule has 0 aromatic carbocycles. The van der Waals surface area contributed by atoms with Gasteiger partial charge in [0.15, 0.2) is 0 Å². The van der Waals surface area contributed by atoms with Gasteiger partial charge in [-0.2, -0.15) is 0 Å². The van der Waals surface area contributed by atoms with Gasteiger partial charge in [-0.3, -0.25) is 0 Å². The zero-order chi connectivity index (χ0) is 8.85. The van der Waals surface area contributed by atoms with Crippen LogP contribution < -0.4 is 0 Å². The van der Waals surface area contributed by atoms with Crippen LogP contribution in [0.2, 0.25) is 0 Å². The second-order valence-electron chi connectivity index (χ2n) is 3.00. The van der Waals surface area contributed by atoms with E-state index in [4.69, 9.17) is 0 Å². The minimum Gasteiger partial charge on any atom is -0.0961 e. The van der Waals surface area contributed by atoms with Crippen LogP contribution in [0.5, 0.6) is 0 Å². The third-order valence-corrected chi connectivity index (χ3v) is 1.82. The maximum absolute atomic E-state index is 3.80. The van der Waals surface area contributed by atoms with E-state index >= 15 is 0 Å². The first-order valence-corrected chi connectivity index (χ1v) is 4.07. The lowest BCUT2D eigenvalue weighted by molar-refractivity contribution is 1.07. The minimum atomic E-state index is 1.10. The fourth-order valence-electron chi connectivity index (χ4n) is 0.688. The van der Waals surface area contributed by atoms with Crippen LogP contribution in [-0.4, -0.2) is 0 Å². The van der Waals surface area contributed by atoms with Crippen LogP contribution in [0.15, 0.2) is 35.5 Å². The van der Waals surface area contributed by atoms with Gasteiger partial charge in [0, 0.05) is 0 Å². The molecule has 0 amide bonds. The Bertz CT molecular complexity index is 192. The Morgan fingerprint density at radius 2 is 1.73 bits per heavy atom. The van der Waals surface area contributed by atoms with Crippen LogP contribution >= 0.6 is 0 Å². The number of hydrogen-bond acceptors (Lipinski definition) is 0. The summed E-state index contributed by atoms with van der Waals surface area (Å²) in [6.45, 7) is 12.3. The van der Waals surface area contributed by atoms with Crippen molar-refractivity contribution >= 4 is 0 Å². The van der Waals surface area contributed by atoms with Crippen LogP contribution in [0.25, 0.3) is 0 Å². The van der Waals surface area contributed by atoms with Crippen LogP contribution in [0, 0.1) is 0 Å². The first kappa shape index (κ1) is 10.2. The highest BCUT2D eigenvalue weighted by molar-refractivity contribution is 5.27. The van der Waals surface area contributed by atoms with Crippen molar-refractivity contribution in [3.8, 4) is 0 Å². The van der Waals surface area contributed by atoms with E-state index < -0.39 is 0 Å². The van der Waals surface area contributed by atoms with Crippen molar-refractivity contribution in [2.75, 3.05) is 0 Å². The van der Waals surface area contributed by atoms with Gasteiger partial charge in [-0.25, -0.2) is 0 Å². The summed E-state index contributed by atoms with van der Waals surface area (Å²) < 4.78 is 0. The molecule has 0 fully saturated rings. The number of allylic oxidation sites excluding steroid dienone is 5. The molecule has 0 aromatic rings. The Labute approximate surface area is 70.3 Å². The third-order valence-electron chi connectivity index (χ3n) is 1.82. The molecule has 62 valence electrons. The van der Waals surface area contributed by atoms with Crippen molar-refractivity contribution in [2.45, 2.75) is 34.1 Å². The van der Waals surface area contributed by atoms with E-state index in [-0.39, 0.29) is 0 Å². The molecule has 0 saturated carbocycles. The summed E-state index contributed by atoms with van der Waals surface area (Å²) in [5, 5.41) is 0. The predicted molar refractivity (Wildman–Crippen MR) is 52.6 cm³/mol. The SMILES string of the molecule is C=C(C)/C=C\C(C)=C(/C)CC. The highest BCUT2D eigenvalue weighted by Crippen LogP contribution is 2.08. The van der Waals surface area contributed by atoms with E-state index in [0.29, 0.717) is 0 Å². The standard InChI is InChI=1S/C11H18/c1-6-10(4)11(5)8-7-9(2)3/h7-8H,2,6H2,1,3-5H3/b8-7-,11-10+. The Hall–Kier alpha value is -0.780. The first-order valence-electron chi connectivity index (χ1n) is 4.07. The van der Waals surface area contributed by atoms with Gasteiger partial charge in [0.05, 0.1) is 0 Å². The van der Waals surface area contributed by atoms with Crippen molar-refractivity contribution in [1.82, 2.24) is 0 Å². The Morgan fingerprint density at radius 3 is 2.09 bits per heavy atom. The minimum absolute atomic E-state index is 1.10. The van der Waals surface area contributed by atoms with E-state index in [2.05, 4.69) is 39.5 Å². The quantitative estimate of drug-likeness (QED) is 0.536. The topological polar surface area (TPSA) is 0 Å². The van der Waals surface area contributed by atoms with Crippen LogP contribution in [-0.2, 0) is 0 Å². The van der Waals surface area contributed by atoms with Crippen LogP contribution in [0.4, 0.5) is 0 Å². The molecule has 0 saturated heterocycles. The van der Waals surface area contributed by atoms with Gasteiger partial charge >= 0.3 is 0 Å². The van der Waals surface area contributed by atoms with Gasteiger partial charge in [0.1, 0.15) is 0 Å². The lowest BCUT2D eigenvalue weighted by atomic mass is 10.1. The van der Waals surface area contributed by atoms with Crippen LogP contribution in [0.1, 0.15) is 34.1 Å². The average Bonchev–Trinajstić information content (AvgIpc) is 1.98. The van der Waals surface area contributed by atoms with Gasteiger partial charge < -0.3 is 0 Å². The van der Waals surface area contributed by atoms with Gasteiger partial charge in [0.2, 0.25) is 0 Å². The lowest BCUT2D eigenvalue weighted by Crippen LogP contribution is -1.77. The van der Waals surface area contributed by atoms with Gasteiger partial charge in [-0.15, -0.1) is 0 Å². The Balaban J connectivity index is 4.26. The first-order chi connectivity index (χ1) is 5.07. The normalized spacial score (nSPS) is 13.5. The molecule has 0 rings (SSSR count). The molecule has 11 heavy (non-hydrogen) atoms. The molecule has 0 radical (unpaired) electrons. The Morgan fingerprint density at radius 1 is 1.18 bits per heavy atom. The molecule has 0 bridgehead atoms. The second kappa shape index (κ2) is 4.95. The second-order valence-corrected chi connectivity index (χ2v) is 3.00. The molecule has 0 aliphatic rings. The van der Waals surface area contributed by atoms with E-state index in [9.17, 15) is 0 Å². The van der Waals surface area contributed by atoms with Crippen molar-refractivity contribution in [1.29, 1.82) is 0 Å². The molecule has 0 heteroatoms. The van der Waals surface area contributed by atoms with Crippen molar-refractivity contribution in [3.63, 3.8) is 0 Å². The molecule has 0 unspecified atom stereocenters. The highest BCUT2D eigenvalue weighted by atomic mass is 13.9. The van der Waals surface area contributed by atoms with E-state index in [1.165, 1.54) is 11.1 Å².